The van der Waals surface area contributed by atoms with Crippen molar-refractivity contribution in [3.05, 3.63) is 34.1 Å². The topological polar surface area (TPSA) is 98.5 Å². The van der Waals surface area contributed by atoms with Gasteiger partial charge in [-0.1, -0.05) is 6.07 Å². The summed E-state index contributed by atoms with van der Waals surface area (Å²) in [5.41, 5.74) is -1.07. The fourth-order valence-electron chi connectivity index (χ4n) is 1.44. The fourth-order valence-corrected chi connectivity index (χ4v) is 2.63. The Balaban J connectivity index is 2.93. The minimum atomic E-state index is -4.17. The van der Waals surface area contributed by atoms with Crippen LogP contribution in [0.15, 0.2) is 23.1 Å². The molecule has 1 aromatic carbocycles. The van der Waals surface area contributed by atoms with Crippen molar-refractivity contribution in [3.63, 3.8) is 0 Å². The number of hydrogen-bond acceptors (Lipinski definition) is 5. The van der Waals surface area contributed by atoms with Gasteiger partial charge in [-0.2, -0.15) is 4.39 Å². The molecule has 1 rings (SSSR count). The molecule has 0 aliphatic carbocycles. The summed E-state index contributed by atoms with van der Waals surface area (Å²) in [6.45, 7) is 3.62. The molecule has 0 aliphatic rings. The maximum absolute atomic E-state index is 13.4. The van der Waals surface area contributed by atoms with E-state index in [0.717, 1.165) is 18.2 Å². The maximum atomic E-state index is 13.4. The van der Waals surface area contributed by atoms with Gasteiger partial charge in [0.25, 0.3) is 0 Å². The van der Waals surface area contributed by atoms with Crippen molar-refractivity contribution < 1.29 is 22.5 Å². The van der Waals surface area contributed by atoms with Gasteiger partial charge in [0.05, 0.1) is 17.6 Å². The molecule has 0 amide bonds. The maximum Gasteiger partial charge on any atom is 0.324 e. The van der Waals surface area contributed by atoms with E-state index in [1.807, 2.05) is 0 Å². The Morgan fingerprint density at radius 3 is 2.65 bits per heavy atom. The lowest BCUT2D eigenvalue weighted by atomic mass is 10.3. The summed E-state index contributed by atoms with van der Waals surface area (Å²) in [5.74, 6) is -1.20. The van der Waals surface area contributed by atoms with Crippen LogP contribution in [0.2, 0.25) is 0 Å². The zero-order valence-electron chi connectivity index (χ0n) is 11.0. The van der Waals surface area contributed by atoms with E-state index < -0.39 is 31.3 Å². The van der Waals surface area contributed by atoms with Crippen molar-refractivity contribution in [2.45, 2.75) is 24.8 Å². The van der Waals surface area contributed by atoms with E-state index in [0.29, 0.717) is 0 Å². The van der Waals surface area contributed by atoms with E-state index in [1.54, 1.807) is 13.8 Å². The molecule has 20 heavy (non-hydrogen) atoms. The van der Waals surface area contributed by atoms with Gasteiger partial charge in [-0.05, 0) is 26.0 Å². The highest BCUT2D eigenvalue weighted by molar-refractivity contribution is 7.89. The molecule has 0 heterocycles. The Bertz CT molecular complexity index is 588. The molecule has 0 aromatic heterocycles. The van der Waals surface area contributed by atoms with E-state index in [9.17, 15) is 22.9 Å². The van der Waals surface area contributed by atoms with Gasteiger partial charge in [-0.25, -0.2) is 13.1 Å². The largest absolute Gasteiger partial charge is 0.377 e. The third-order valence-corrected chi connectivity index (χ3v) is 3.76. The van der Waals surface area contributed by atoms with Gasteiger partial charge in [0.15, 0.2) is 4.90 Å². The van der Waals surface area contributed by atoms with Crippen LogP contribution in [0.3, 0.4) is 0 Å². The number of hydrogen-bond donors (Lipinski definition) is 1. The molecule has 1 N–H and O–H groups in total. The van der Waals surface area contributed by atoms with Crippen molar-refractivity contribution in [2.75, 3.05) is 13.2 Å². The van der Waals surface area contributed by atoms with Crippen LogP contribution >= 0.6 is 0 Å². The highest BCUT2D eigenvalue weighted by atomic mass is 32.2. The predicted octanol–water partition coefficient (Wildman–Crippen LogP) is 1.44. The zero-order chi connectivity index (χ0) is 15.3. The fraction of sp³-hybridized carbons (Fsp3) is 0.455. The molecule has 0 unspecified atom stereocenters. The summed E-state index contributed by atoms with van der Waals surface area (Å²) >= 11 is 0. The number of nitro benzene ring substituents is 1. The third-order valence-electron chi connectivity index (χ3n) is 2.27. The van der Waals surface area contributed by atoms with E-state index in [4.69, 9.17) is 4.74 Å². The Morgan fingerprint density at radius 2 is 2.10 bits per heavy atom. The zero-order valence-corrected chi connectivity index (χ0v) is 11.8. The second kappa shape index (κ2) is 6.73. The lowest BCUT2D eigenvalue weighted by Gasteiger charge is -2.09. The number of sulfonamides is 1. The van der Waals surface area contributed by atoms with Gasteiger partial charge in [0.2, 0.25) is 15.8 Å². The SMILES string of the molecule is CC(C)OCCNS(=O)(=O)c1cccc(F)c1[N+](=O)[O-]. The minimum absolute atomic E-state index is 0.0613. The van der Waals surface area contributed by atoms with Crippen LogP contribution in [-0.4, -0.2) is 32.6 Å². The Hall–Kier alpha value is -1.58. The second-order valence-corrected chi connectivity index (χ2v) is 5.90. The number of halogens is 1. The molecular weight excluding hydrogens is 291 g/mol. The molecule has 0 saturated carbocycles. The Labute approximate surface area is 115 Å². The number of nitrogens with one attached hydrogen (secondary N) is 1. The average molecular weight is 306 g/mol. The van der Waals surface area contributed by atoms with Crippen molar-refractivity contribution in [3.8, 4) is 0 Å². The van der Waals surface area contributed by atoms with Gasteiger partial charge in [0.1, 0.15) is 0 Å². The molecule has 0 spiro atoms. The van der Waals surface area contributed by atoms with Gasteiger partial charge >= 0.3 is 5.69 Å². The average Bonchev–Trinajstić information content (AvgIpc) is 2.33. The first-order chi connectivity index (χ1) is 9.25. The van der Waals surface area contributed by atoms with Crippen molar-refractivity contribution >= 4 is 15.7 Å². The minimum Gasteiger partial charge on any atom is -0.377 e. The molecule has 0 fully saturated rings. The number of ether oxygens (including phenoxy) is 1. The number of benzene rings is 1. The van der Waals surface area contributed by atoms with E-state index in [2.05, 4.69) is 4.72 Å². The predicted molar refractivity (Wildman–Crippen MR) is 69.3 cm³/mol. The van der Waals surface area contributed by atoms with Crippen LogP contribution in [0.5, 0.6) is 0 Å². The van der Waals surface area contributed by atoms with Crippen molar-refractivity contribution in [2.24, 2.45) is 0 Å². The molecule has 1 aromatic rings. The summed E-state index contributed by atoms with van der Waals surface area (Å²) in [5, 5.41) is 10.8. The smallest absolute Gasteiger partial charge is 0.324 e. The van der Waals surface area contributed by atoms with Gasteiger partial charge in [-0.3, -0.25) is 10.1 Å². The molecule has 0 saturated heterocycles. The Kier molecular flexibility index (Phi) is 5.54. The monoisotopic (exact) mass is 306 g/mol. The van der Waals surface area contributed by atoms with E-state index in [-0.39, 0.29) is 19.3 Å². The quantitative estimate of drug-likeness (QED) is 0.467. The van der Waals surface area contributed by atoms with Crippen LogP contribution in [0, 0.1) is 15.9 Å². The standard InChI is InChI=1S/C11H15FN2O5S/c1-8(2)19-7-6-13-20(17,18)10-5-3-4-9(12)11(10)14(15)16/h3-5,8,13H,6-7H2,1-2H3. The van der Waals surface area contributed by atoms with Crippen LogP contribution in [0.25, 0.3) is 0 Å². The van der Waals surface area contributed by atoms with Crippen LogP contribution in [-0.2, 0) is 14.8 Å². The van der Waals surface area contributed by atoms with Crippen molar-refractivity contribution in [1.82, 2.24) is 4.72 Å². The first kappa shape index (κ1) is 16.5. The summed E-state index contributed by atoms with van der Waals surface area (Å²) in [6, 6.07) is 2.91. The normalized spacial score (nSPS) is 11.8. The van der Waals surface area contributed by atoms with E-state index >= 15 is 0 Å². The second-order valence-electron chi connectivity index (χ2n) is 4.16. The summed E-state index contributed by atoms with van der Waals surface area (Å²) in [7, 11) is -4.17. The molecule has 7 nitrogen and oxygen atoms in total. The van der Waals surface area contributed by atoms with Crippen molar-refractivity contribution in [1.29, 1.82) is 0 Å². The number of nitro groups is 1. The lowest BCUT2D eigenvalue weighted by Crippen LogP contribution is -2.29. The van der Waals surface area contributed by atoms with Gasteiger partial charge < -0.3 is 4.74 Å². The highest BCUT2D eigenvalue weighted by Crippen LogP contribution is 2.26. The number of nitrogens with zero attached hydrogens (tertiary/aromatic N) is 1. The summed E-state index contributed by atoms with van der Waals surface area (Å²) < 4.78 is 44.5. The first-order valence-electron chi connectivity index (χ1n) is 5.80. The molecular formula is C11H15FN2O5S. The molecule has 9 heteroatoms. The number of rotatable bonds is 7. The first-order valence-corrected chi connectivity index (χ1v) is 7.28. The molecule has 0 bridgehead atoms. The van der Waals surface area contributed by atoms with Gasteiger partial charge in [-0.15, -0.1) is 0 Å². The Morgan fingerprint density at radius 1 is 1.45 bits per heavy atom. The summed E-state index contributed by atoms with van der Waals surface area (Å²) in [6.07, 6.45) is -0.0667. The highest BCUT2D eigenvalue weighted by Gasteiger charge is 2.28. The molecule has 0 radical (unpaired) electrons. The number of para-hydroxylation sites is 1. The van der Waals surface area contributed by atoms with Crippen LogP contribution < -0.4 is 4.72 Å². The van der Waals surface area contributed by atoms with Crippen LogP contribution in [0.4, 0.5) is 10.1 Å². The van der Waals surface area contributed by atoms with E-state index in [1.165, 1.54) is 0 Å². The molecule has 0 atom stereocenters. The summed E-state index contributed by atoms with van der Waals surface area (Å²) in [4.78, 5) is 8.99. The molecule has 0 aliphatic heterocycles. The lowest BCUT2D eigenvalue weighted by molar-refractivity contribution is -0.390. The van der Waals surface area contributed by atoms with Crippen LogP contribution in [0.1, 0.15) is 13.8 Å². The molecule has 112 valence electrons. The third kappa shape index (κ3) is 4.22. The van der Waals surface area contributed by atoms with Gasteiger partial charge in [0, 0.05) is 6.54 Å².